The van der Waals surface area contributed by atoms with E-state index in [1.54, 1.807) is 31.3 Å². The lowest BCUT2D eigenvalue weighted by molar-refractivity contribution is -0.384. The molecule has 8 heteroatoms. The van der Waals surface area contributed by atoms with E-state index in [4.69, 9.17) is 14.2 Å². The number of methoxy groups -OCH3 is 3. The van der Waals surface area contributed by atoms with Crippen molar-refractivity contribution >= 4 is 11.6 Å². The lowest BCUT2D eigenvalue weighted by Crippen LogP contribution is -2.42. The summed E-state index contributed by atoms with van der Waals surface area (Å²) in [6.45, 7) is 0.471. The molecule has 0 aliphatic carbocycles. The third kappa shape index (κ3) is 3.63. The highest BCUT2D eigenvalue weighted by atomic mass is 16.6. The minimum atomic E-state index is -0.444. The monoisotopic (exact) mass is 386 g/mol. The van der Waals surface area contributed by atoms with Crippen molar-refractivity contribution in [3.05, 3.63) is 63.2 Å². The Balaban J connectivity index is 2.12. The van der Waals surface area contributed by atoms with Gasteiger partial charge < -0.3 is 19.1 Å². The molecule has 148 valence electrons. The number of hydrogen-bond donors (Lipinski definition) is 0. The van der Waals surface area contributed by atoms with Gasteiger partial charge in [-0.3, -0.25) is 14.9 Å². The molecular weight excluding hydrogens is 364 g/mol. The second-order valence-electron chi connectivity index (χ2n) is 6.43. The average Bonchev–Trinajstić information content (AvgIpc) is 2.71. The lowest BCUT2D eigenvalue weighted by Gasteiger charge is -2.38. The first-order chi connectivity index (χ1) is 13.5. The normalized spacial score (nSPS) is 15.7. The predicted molar refractivity (Wildman–Crippen MR) is 102 cm³/mol. The third-order valence-corrected chi connectivity index (χ3v) is 4.88. The Kier molecular flexibility index (Phi) is 5.79. The fraction of sp³-hybridized carbons (Fsp3) is 0.350. The van der Waals surface area contributed by atoms with Crippen molar-refractivity contribution in [1.82, 2.24) is 4.90 Å². The highest BCUT2D eigenvalue weighted by molar-refractivity contribution is 5.79. The van der Waals surface area contributed by atoms with Gasteiger partial charge in [-0.05, 0) is 47.4 Å². The minimum Gasteiger partial charge on any atom is -0.493 e. The summed E-state index contributed by atoms with van der Waals surface area (Å²) in [4.78, 5) is 25.0. The van der Waals surface area contributed by atoms with Gasteiger partial charge in [-0.15, -0.1) is 0 Å². The molecule has 1 atom stereocenters. The highest BCUT2D eigenvalue weighted by Gasteiger charge is 2.33. The van der Waals surface area contributed by atoms with Crippen LogP contribution in [0.15, 0.2) is 36.4 Å². The van der Waals surface area contributed by atoms with E-state index in [2.05, 4.69) is 0 Å². The zero-order chi connectivity index (χ0) is 20.3. The molecule has 1 heterocycles. The zero-order valence-corrected chi connectivity index (χ0v) is 16.0. The summed E-state index contributed by atoms with van der Waals surface area (Å²) < 4.78 is 15.9. The SMILES string of the molecule is COCC(=O)N1CCc2cc(OC)c(OC)cc2C1c1ccc([N+](=O)[O-])cc1. The largest absolute Gasteiger partial charge is 0.493 e. The van der Waals surface area contributed by atoms with Gasteiger partial charge in [0.2, 0.25) is 5.91 Å². The van der Waals surface area contributed by atoms with Crippen LogP contribution < -0.4 is 9.47 Å². The molecular formula is C20H22N2O6. The molecule has 0 saturated carbocycles. The Morgan fingerprint density at radius 1 is 1.14 bits per heavy atom. The van der Waals surface area contributed by atoms with Crippen LogP contribution in [0.25, 0.3) is 0 Å². The topological polar surface area (TPSA) is 91.1 Å². The van der Waals surface area contributed by atoms with Gasteiger partial charge in [0.25, 0.3) is 5.69 Å². The zero-order valence-electron chi connectivity index (χ0n) is 16.0. The van der Waals surface area contributed by atoms with Crippen molar-refractivity contribution in [1.29, 1.82) is 0 Å². The van der Waals surface area contributed by atoms with Crippen molar-refractivity contribution < 1.29 is 23.9 Å². The van der Waals surface area contributed by atoms with E-state index in [-0.39, 0.29) is 18.2 Å². The van der Waals surface area contributed by atoms with Crippen LogP contribution in [0.3, 0.4) is 0 Å². The number of carbonyl (C=O) groups is 1. The molecule has 1 amide bonds. The standard InChI is InChI=1S/C20H22N2O6/c1-26-12-19(23)21-9-8-14-10-17(27-2)18(28-3)11-16(14)20(21)13-4-6-15(7-5-13)22(24)25/h4-7,10-11,20H,8-9,12H2,1-3H3. The summed E-state index contributed by atoms with van der Waals surface area (Å²) in [5.41, 5.74) is 2.73. The number of rotatable bonds is 6. The van der Waals surface area contributed by atoms with Crippen LogP contribution in [0, 0.1) is 10.1 Å². The number of ether oxygens (including phenoxy) is 3. The molecule has 2 aromatic carbocycles. The molecule has 2 aromatic rings. The van der Waals surface area contributed by atoms with E-state index in [0.29, 0.717) is 24.5 Å². The van der Waals surface area contributed by atoms with Crippen molar-refractivity contribution in [2.24, 2.45) is 0 Å². The number of nitro benzene ring substituents is 1. The number of benzene rings is 2. The fourth-order valence-corrected chi connectivity index (χ4v) is 3.56. The van der Waals surface area contributed by atoms with E-state index in [0.717, 1.165) is 16.7 Å². The molecule has 0 bridgehead atoms. The van der Waals surface area contributed by atoms with Crippen molar-refractivity contribution in [3.63, 3.8) is 0 Å². The van der Waals surface area contributed by atoms with Crippen molar-refractivity contribution in [3.8, 4) is 11.5 Å². The first-order valence-electron chi connectivity index (χ1n) is 8.77. The van der Waals surface area contributed by atoms with Crippen molar-refractivity contribution in [2.75, 3.05) is 34.5 Å². The van der Waals surface area contributed by atoms with E-state index in [9.17, 15) is 14.9 Å². The summed E-state index contributed by atoms with van der Waals surface area (Å²) >= 11 is 0. The number of carbonyl (C=O) groups excluding carboxylic acids is 1. The van der Waals surface area contributed by atoms with Crippen LogP contribution in [-0.2, 0) is 16.0 Å². The van der Waals surface area contributed by atoms with Gasteiger partial charge in [-0.2, -0.15) is 0 Å². The number of amides is 1. The quantitative estimate of drug-likeness (QED) is 0.560. The van der Waals surface area contributed by atoms with Gasteiger partial charge in [-0.25, -0.2) is 0 Å². The first-order valence-corrected chi connectivity index (χ1v) is 8.77. The Bertz CT molecular complexity index is 881. The highest BCUT2D eigenvalue weighted by Crippen LogP contribution is 2.41. The van der Waals surface area contributed by atoms with E-state index >= 15 is 0 Å². The van der Waals surface area contributed by atoms with Crippen LogP contribution in [-0.4, -0.2) is 50.2 Å². The molecule has 3 rings (SSSR count). The number of nitrogens with zero attached hydrogens (tertiary/aromatic N) is 2. The van der Waals surface area contributed by atoms with Crippen LogP contribution in [0.1, 0.15) is 22.7 Å². The Labute approximate surface area is 162 Å². The molecule has 1 aliphatic heterocycles. The maximum absolute atomic E-state index is 12.7. The Morgan fingerprint density at radius 2 is 1.79 bits per heavy atom. The molecule has 0 N–H and O–H groups in total. The molecule has 1 aliphatic rings. The number of non-ortho nitro benzene ring substituents is 1. The van der Waals surface area contributed by atoms with Crippen LogP contribution in [0.5, 0.6) is 11.5 Å². The molecule has 1 unspecified atom stereocenters. The molecule has 0 spiro atoms. The van der Waals surface area contributed by atoms with Gasteiger partial charge in [-0.1, -0.05) is 0 Å². The summed E-state index contributed by atoms with van der Waals surface area (Å²) in [5, 5.41) is 11.0. The van der Waals surface area contributed by atoms with E-state index in [1.807, 2.05) is 12.1 Å². The Morgan fingerprint density at radius 3 is 2.36 bits per heavy atom. The van der Waals surface area contributed by atoms with Gasteiger partial charge >= 0.3 is 0 Å². The fourth-order valence-electron chi connectivity index (χ4n) is 3.56. The maximum atomic E-state index is 12.7. The number of fused-ring (bicyclic) bond motifs is 1. The van der Waals surface area contributed by atoms with Crippen LogP contribution >= 0.6 is 0 Å². The Hall–Kier alpha value is -3.13. The lowest BCUT2D eigenvalue weighted by atomic mass is 9.87. The first kappa shape index (κ1) is 19.6. The van der Waals surface area contributed by atoms with Crippen LogP contribution in [0.4, 0.5) is 5.69 Å². The molecule has 8 nitrogen and oxygen atoms in total. The molecule has 0 saturated heterocycles. The molecule has 28 heavy (non-hydrogen) atoms. The van der Waals surface area contributed by atoms with E-state index < -0.39 is 11.0 Å². The molecule has 0 aromatic heterocycles. The van der Waals surface area contributed by atoms with Gasteiger partial charge in [0, 0.05) is 25.8 Å². The third-order valence-electron chi connectivity index (χ3n) is 4.88. The van der Waals surface area contributed by atoms with Gasteiger partial charge in [0.1, 0.15) is 6.61 Å². The van der Waals surface area contributed by atoms with Crippen LogP contribution in [0.2, 0.25) is 0 Å². The maximum Gasteiger partial charge on any atom is 0.269 e. The number of nitro groups is 1. The van der Waals surface area contributed by atoms with E-state index in [1.165, 1.54) is 19.2 Å². The smallest absolute Gasteiger partial charge is 0.269 e. The summed E-state index contributed by atoms with van der Waals surface area (Å²) in [7, 11) is 4.61. The molecule has 0 fully saturated rings. The predicted octanol–water partition coefficient (Wildman–Crippen LogP) is 2.73. The second-order valence-corrected chi connectivity index (χ2v) is 6.43. The number of hydrogen-bond acceptors (Lipinski definition) is 6. The minimum absolute atomic E-state index is 0.00172. The molecule has 0 radical (unpaired) electrons. The van der Waals surface area contributed by atoms with Gasteiger partial charge in [0.15, 0.2) is 11.5 Å². The summed E-state index contributed by atoms with van der Waals surface area (Å²) in [6.07, 6.45) is 0.661. The summed E-state index contributed by atoms with van der Waals surface area (Å²) in [5.74, 6) is 1.04. The van der Waals surface area contributed by atoms with Crippen molar-refractivity contribution in [2.45, 2.75) is 12.5 Å². The second kappa shape index (κ2) is 8.26. The van der Waals surface area contributed by atoms with Gasteiger partial charge in [0.05, 0.1) is 25.2 Å². The average molecular weight is 386 g/mol. The summed E-state index contributed by atoms with van der Waals surface area (Å²) in [6, 6.07) is 9.65.